The molecule has 162 valence electrons. The van der Waals surface area contributed by atoms with Crippen LogP contribution in [0.2, 0.25) is 0 Å². The van der Waals surface area contributed by atoms with E-state index in [1.807, 2.05) is 0 Å². The third kappa shape index (κ3) is 9.44. The Morgan fingerprint density at radius 2 is 1.46 bits per heavy atom. The number of aliphatic hydroxyl groups is 3. The van der Waals surface area contributed by atoms with Crippen LogP contribution in [-0.4, -0.2) is 46.1 Å². The lowest BCUT2D eigenvalue weighted by Gasteiger charge is -2.17. The van der Waals surface area contributed by atoms with Gasteiger partial charge in [-0.15, -0.1) is 0 Å². The molecule has 7 nitrogen and oxygen atoms in total. The molecule has 0 aromatic carbocycles. The van der Waals surface area contributed by atoms with Gasteiger partial charge in [0.15, 0.2) is 11.9 Å². The average molecular weight is 401 g/mol. The monoisotopic (exact) mass is 400 g/mol. The second-order valence-corrected chi connectivity index (χ2v) is 7.45. The van der Waals surface area contributed by atoms with E-state index in [9.17, 15) is 24.9 Å². The highest BCUT2D eigenvalue weighted by molar-refractivity contribution is 5.89. The van der Waals surface area contributed by atoms with E-state index in [-0.39, 0.29) is 6.42 Å². The molecule has 1 aliphatic rings. The summed E-state index contributed by atoms with van der Waals surface area (Å²) < 4.78 is 9.54. The summed E-state index contributed by atoms with van der Waals surface area (Å²) in [5.41, 5.74) is 0. The number of hydrogen-bond donors (Lipinski definition) is 3. The molecule has 0 bridgehead atoms. The van der Waals surface area contributed by atoms with Gasteiger partial charge in [-0.3, -0.25) is 4.79 Å². The Morgan fingerprint density at radius 3 is 1.93 bits per heavy atom. The molecule has 0 spiro atoms. The molecule has 0 saturated heterocycles. The molecule has 0 fully saturated rings. The van der Waals surface area contributed by atoms with Crippen LogP contribution >= 0.6 is 0 Å². The van der Waals surface area contributed by atoms with E-state index in [4.69, 9.17) is 4.74 Å². The van der Waals surface area contributed by atoms with E-state index in [1.54, 1.807) is 0 Å². The maximum absolute atomic E-state index is 11.7. The first kappa shape index (κ1) is 24.3. The second kappa shape index (κ2) is 14.3. The quantitative estimate of drug-likeness (QED) is 0.262. The Labute approximate surface area is 167 Å². The minimum Gasteiger partial charge on any atom is -0.505 e. The number of rotatable bonds is 16. The fraction of sp³-hybridized carbons (Fsp3) is 0.810. The number of cyclic esters (lactones) is 1. The van der Waals surface area contributed by atoms with E-state index in [2.05, 4.69) is 11.7 Å². The van der Waals surface area contributed by atoms with Crippen LogP contribution in [-0.2, 0) is 19.1 Å². The molecular weight excluding hydrogens is 364 g/mol. The molecule has 0 aliphatic carbocycles. The van der Waals surface area contributed by atoms with Crippen molar-refractivity contribution in [3.8, 4) is 0 Å². The molecule has 0 aromatic rings. The smallest absolute Gasteiger partial charge is 0.377 e. The van der Waals surface area contributed by atoms with Crippen molar-refractivity contribution < 1.29 is 34.4 Å². The molecular formula is C21H36O7. The Morgan fingerprint density at radius 1 is 0.964 bits per heavy atom. The van der Waals surface area contributed by atoms with Gasteiger partial charge in [-0.1, -0.05) is 77.6 Å². The predicted octanol–water partition coefficient (Wildman–Crippen LogP) is 4.23. The summed E-state index contributed by atoms with van der Waals surface area (Å²) in [5.74, 6) is -3.21. The van der Waals surface area contributed by atoms with Crippen molar-refractivity contribution in [2.75, 3.05) is 6.61 Å². The third-order valence-electron chi connectivity index (χ3n) is 4.94. The zero-order valence-corrected chi connectivity index (χ0v) is 17.0. The van der Waals surface area contributed by atoms with Crippen molar-refractivity contribution in [3.63, 3.8) is 0 Å². The normalized spacial score (nSPS) is 17.6. The van der Waals surface area contributed by atoms with E-state index >= 15 is 0 Å². The summed E-state index contributed by atoms with van der Waals surface area (Å²) in [5, 5.41) is 28.5. The number of unbranched alkanes of at least 4 members (excludes halogenated alkanes) is 11. The summed E-state index contributed by atoms with van der Waals surface area (Å²) in [6.07, 6.45) is 12.0. The fourth-order valence-electron chi connectivity index (χ4n) is 3.18. The summed E-state index contributed by atoms with van der Waals surface area (Å²) >= 11 is 0. The lowest BCUT2D eigenvalue weighted by molar-refractivity contribution is -0.154. The van der Waals surface area contributed by atoms with Crippen LogP contribution in [0.1, 0.15) is 90.4 Å². The summed E-state index contributed by atoms with van der Waals surface area (Å²) in [6, 6.07) is 0. The molecule has 3 N–H and O–H groups in total. The lowest BCUT2D eigenvalue weighted by atomic mass is 10.0. The van der Waals surface area contributed by atoms with Crippen LogP contribution in [0.5, 0.6) is 0 Å². The molecule has 0 aromatic heterocycles. The number of ether oxygens (including phenoxy) is 2. The van der Waals surface area contributed by atoms with Crippen LogP contribution < -0.4 is 0 Å². The van der Waals surface area contributed by atoms with Gasteiger partial charge in [-0.2, -0.15) is 0 Å². The van der Waals surface area contributed by atoms with Gasteiger partial charge in [0.05, 0.1) is 0 Å². The molecule has 0 radical (unpaired) electrons. The van der Waals surface area contributed by atoms with Crippen molar-refractivity contribution >= 4 is 11.9 Å². The number of aliphatic hydroxyl groups excluding tert-OH is 3. The van der Waals surface area contributed by atoms with Crippen LogP contribution in [0, 0.1) is 0 Å². The molecule has 0 amide bonds. The Balaban J connectivity index is 1.95. The summed E-state index contributed by atoms with van der Waals surface area (Å²) in [4.78, 5) is 22.8. The maximum Gasteiger partial charge on any atom is 0.377 e. The van der Waals surface area contributed by atoms with Gasteiger partial charge in [0.25, 0.3) is 0 Å². The molecule has 2 unspecified atom stereocenters. The first-order valence-electron chi connectivity index (χ1n) is 10.6. The van der Waals surface area contributed by atoms with Gasteiger partial charge in [-0.25, -0.2) is 4.79 Å². The standard InChI is InChI=1S/C21H36O7/c1-2-3-4-5-6-7-8-9-10-11-12-13-14-17(23)27-15-16(22)20-18(24)19(25)21(26)28-20/h16,20,22,24-25H,2-15H2,1H3. The lowest BCUT2D eigenvalue weighted by Crippen LogP contribution is -2.33. The van der Waals surface area contributed by atoms with Gasteiger partial charge in [0.1, 0.15) is 12.7 Å². The highest BCUT2D eigenvalue weighted by Crippen LogP contribution is 2.21. The van der Waals surface area contributed by atoms with E-state index in [0.29, 0.717) is 0 Å². The predicted molar refractivity (Wildman–Crippen MR) is 105 cm³/mol. The zero-order chi connectivity index (χ0) is 20.8. The van der Waals surface area contributed by atoms with E-state index in [1.165, 1.54) is 57.8 Å². The Hall–Kier alpha value is -1.76. The van der Waals surface area contributed by atoms with Gasteiger partial charge >= 0.3 is 11.9 Å². The van der Waals surface area contributed by atoms with Crippen molar-refractivity contribution in [2.24, 2.45) is 0 Å². The SMILES string of the molecule is CCCCCCCCCCCCCCC(=O)OCC(O)C1OC(=O)C(O)=C1O. The topological polar surface area (TPSA) is 113 Å². The average Bonchev–Trinajstić information content (AvgIpc) is 2.94. The minimum atomic E-state index is -1.42. The largest absolute Gasteiger partial charge is 0.505 e. The Kier molecular flexibility index (Phi) is 12.4. The molecule has 2 atom stereocenters. The molecule has 28 heavy (non-hydrogen) atoms. The molecule has 7 heteroatoms. The van der Waals surface area contributed by atoms with Crippen molar-refractivity contribution in [2.45, 2.75) is 103 Å². The molecule has 1 heterocycles. The van der Waals surface area contributed by atoms with Gasteiger partial charge in [0, 0.05) is 6.42 Å². The third-order valence-corrected chi connectivity index (χ3v) is 4.94. The Bertz CT molecular complexity index is 501. The van der Waals surface area contributed by atoms with E-state index < -0.39 is 42.3 Å². The molecule has 1 rings (SSSR count). The van der Waals surface area contributed by atoms with Gasteiger partial charge in [-0.05, 0) is 6.42 Å². The molecule has 1 aliphatic heterocycles. The van der Waals surface area contributed by atoms with Crippen LogP contribution in [0.3, 0.4) is 0 Å². The summed E-state index contributed by atoms with van der Waals surface area (Å²) in [7, 11) is 0. The number of hydrogen-bond acceptors (Lipinski definition) is 7. The number of carbonyl (C=O) groups excluding carboxylic acids is 2. The zero-order valence-electron chi connectivity index (χ0n) is 17.0. The second-order valence-electron chi connectivity index (χ2n) is 7.45. The molecule has 0 saturated carbocycles. The first-order valence-corrected chi connectivity index (χ1v) is 10.6. The van der Waals surface area contributed by atoms with Crippen LogP contribution in [0.15, 0.2) is 11.5 Å². The first-order chi connectivity index (χ1) is 13.5. The van der Waals surface area contributed by atoms with Crippen molar-refractivity contribution in [1.29, 1.82) is 0 Å². The van der Waals surface area contributed by atoms with Crippen LogP contribution in [0.25, 0.3) is 0 Å². The number of carbonyl (C=O) groups is 2. The maximum atomic E-state index is 11.7. The van der Waals surface area contributed by atoms with Gasteiger partial charge in [0.2, 0.25) is 5.76 Å². The number of esters is 2. The minimum absolute atomic E-state index is 0.266. The van der Waals surface area contributed by atoms with Gasteiger partial charge < -0.3 is 24.8 Å². The van der Waals surface area contributed by atoms with E-state index in [0.717, 1.165) is 19.3 Å². The fourth-order valence-corrected chi connectivity index (χ4v) is 3.18. The highest BCUT2D eigenvalue weighted by Gasteiger charge is 2.39. The van der Waals surface area contributed by atoms with Crippen molar-refractivity contribution in [3.05, 3.63) is 11.5 Å². The van der Waals surface area contributed by atoms with Crippen LogP contribution in [0.4, 0.5) is 0 Å². The van der Waals surface area contributed by atoms with Crippen molar-refractivity contribution in [1.82, 2.24) is 0 Å². The summed E-state index contributed by atoms with van der Waals surface area (Å²) in [6.45, 7) is 1.82. The highest BCUT2D eigenvalue weighted by atomic mass is 16.6.